The van der Waals surface area contributed by atoms with E-state index in [1.54, 1.807) is 18.2 Å². The summed E-state index contributed by atoms with van der Waals surface area (Å²) in [6, 6.07) is 12.5. The molecule has 1 N–H and O–H groups in total. The fourth-order valence-electron chi connectivity index (χ4n) is 2.01. The molecule has 2 aromatic rings. The van der Waals surface area contributed by atoms with E-state index in [9.17, 15) is 14.0 Å². The van der Waals surface area contributed by atoms with Crippen molar-refractivity contribution in [1.29, 1.82) is 0 Å². The third kappa shape index (κ3) is 5.46. The highest BCUT2D eigenvalue weighted by Crippen LogP contribution is 2.18. The van der Waals surface area contributed by atoms with E-state index < -0.39 is 23.8 Å². The van der Waals surface area contributed by atoms with Crippen LogP contribution in [0, 0.1) is 5.82 Å². The normalized spacial score (nSPS) is 11.8. The van der Waals surface area contributed by atoms with Gasteiger partial charge >= 0.3 is 5.97 Å². The number of amides is 1. The molecule has 1 atom stereocenters. The summed E-state index contributed by atoms with van der Waals surface area (Å²) in [6.07, 6.45) is 1.77. The Morgan fingerprint density at radius 1 is 1.12 bits per heavy atom. The summed E-state index contributed by atoms with van der Waals surface area (Å²) in [6.45, 7) is 1.45. The molecule has 0 radical (unpaired) electrons. The molecule has 1 amide bonds. The van der Waals surface area contributed by atoms with Crippen molar-refractivity contribution in [2.45, 2.75) is 13.0 Å². The Hall–Kier alpha value is -3.15. The Balaban J connectivity index is 1.91. The molecule has 0 aromatic heterocycles. The first kappa shape index (κ1) is 18.2. The van der Waals surface area contributed by atoms with Gasteiger partial charge in [-0.15, -0.1) is 0 Å². The molecule has 25 heavy (non-hydrogen) atoms. The maximum absolute atomic E-state index is 12.8. The maximum Gasteiger partial charge on any atom is 0.331 e. The lowest BCUT2D eigenvalue weighted by Gasteiger charge is -2.12. The van der Waals surface area contributed by atoms with Crippen molar-refractivity contribution >= 4 is 23.6 Å². The Kier molecular flexibility index (Phi) is 6.28. The zero-order chi connectivity index (χ0) is 18.2. The zero-order valence-electron chi connectivity index (χ0n) is 13.9. The summed E-state index contributed by atoms with van der Waals surface area (Å²) in [4.78, 5) is 23.8. The number of carbonyl (C=O) groups is 2. The number of hydrogen-bond donors (Lipinski definition) is 1. The van der Waals surface area contributed by atoms with E-state index >= 15 is 0 Å². The molecule has 0 saturated carbocycles. The van der Waals surface area contributed by atoms with Crippen LogP contribution in [0.1, 0.15) is 12.5 Å². The second-order valence-electron chi connectivity index (χ2n) is 5.15. The number of ether oxygens (including phenoxy) is 2. The molecular formula is C19H18FNO4. The Labute approximate surface area is 145 Å². The van der Waals surface area contributed by atoms with Gasteiger partial charge in [0.25, 0.3) is 5.91 Å². The molecule has 5 nitrogen and oxygen atoms in total. The van der Waals surface area contributed by atoms with Gasteiger partial charge in [-0.2, -0.15) is 0 Å². The van der Waals surface area contributed by atoms with Crippen molar-refractivity contribution < 1.29 is 23.5 Å². The van der Waals surface area contributed by atoms with Gasteiger partial charge in [-0.25, -0.2) is 9.18 Å². The first-order valence-corrected chi connectivity index (χ1v) is 7.57. The number of carbonyl (C=O) groups excluding carboxylic acids is 2. The third-order valence-corrected chi connectivity index (χ3v) is 3.31. The summed E-state index contributed by atoms with van der Waals surface area (Å²) < 4.78 is 23.1. The average molecular weight is 343 g/mol. The highest BCUT2D eigenvalue weighted by atomic mass is 19.1. The number of hydrogen-bond acceptors (Lipinski definition) is 4. The predicted molar refractivity (Wildman–Crippen MR) is 92.6 cm³/mol. The zero-order valence-corrected chi connectivity index (χ0v) is 13.9. The van der Waals surface area contributed by atoms with Gasteiger partial charge in [-0.3, -0.25) is 4.79 Å². The van der Waals surface area contributed by atoms with E-state index in [1.807, 2.05) is 12.1 Å². The number of benzene rings is 2. The largest absolute Gasteiger partial charge is 0.496 e. The van der Waals surface area contributed by atoms with E-state index in [1.165, 1.54) is 44.4 Å². The van der Waals surface area contributed by atoms with Crippen LogP contribution < -0.4 is 10.1 Å². The van der Waals surface area contributed by atoms with E-state index in [-0.39, 0.29) is 0 Å². The fraction of sp³-hybridized carbons (Fsp3) is 0.158. The van der Waals surface area contributed by atoms with Crippen molar-refractivity contribution in [3.63, 3.8) is 0 Å². The van der Waals surface area contributed by atoms with Crippen molar-refractivity contribution in [3.05, 3.63) is 66.0 Å². The molecule has 130 valence electrons. The minimum atomic E-state index is -1.00. The van der Waals surface area contributed by atoms with E-state index in [4.69, 9.17) is 9.47 Å². The number of para-hydroxylation sites is 1. The molecule has 0 heterocycles. The van der Waals surface area contributed by atoms with Crippen molar-refractivity contribution in [1.82, 2.24) is 0 Å². The van der Waals surface area contributed by atoms with Gasteiger partial charge in [-0.1, -0.05) is 18.2 Å². The van der Waals surface area contributed by atoms with Crippen LogP contribution in [0.25, 0.3) is 6.08 Å². The molecule has 0 aliphatic rings. The number of esters is 1. The monoisotopic (exact) mass is 343 g/mol. The van der Waals surface area contributed by atoms with E-state index in [0.717, 1.165) is 0 Å². The second kappa shape index (κ2) is 8.63. The van der Waals surface area contributed by atoms with Gasteiger partial charge in [0.15, 0.2) is 6.10 Å². The maximum atomic E-state index is 12.8. The molecule has 0 aliphatic carbocycles. The first-order valence-electron chi connectivity index (χ1n) is 7.57. The van der Waals surface area contributed by atoms with Gasteiger partial charge in [0.05, 0.1) is 7.11 Å². The van der Waals surface area contributed by atoms with Gasteiger partial charge in [-0.05, 0) is 43.3 Å². The standard InChI is InChI=1S/C19H18FNO4/c1-13(19(23)21-16-10-8-15(20)9-11-16)25-18(22)12-7-14-5-3-4-6-17(14)24-2/h3-13H,1-2H3,(H,21,23)/b12-7+/t13-/m1/s1. The number of methoxy groups -OCH3 is 1. The summed E-state index contributed by atoms with van der Waals surface area (Å²) >= 11 is 0. The molecule has 0 bridgehead atoms. The Bertz CT molecular complexity index is 771. The molecule has 2 aromatic carbocycles. The molecule has 0 spiro atoms. The van der Waals surface area contributed by atoms with Gasteiger partial charge in [0.1, 0.15) is 11.6 Å². The third-order valence-electron chi connectivity index (χ3n) is 3.31. The van der Waals surface area contributed by atoms with Gasteiger partial charge < -0.3 is 14.8 Å². The smallest absolute Gasteiger partial charge is 0.331 e. The highest BCUT2D eigenvalue weighted by molar-refractivity contribution is 5.96. The lowest BCUT2D eigenvalue weighted by atomic mass is 10.2. The number of nitrogens with one attached hydrogen (secondary N) is 1. The topological polar surface area (TPSA) is 64.6 Å². The predicted octanol–water partition coefficient (Wildman–Crippen LogP) is 3.42. The quantitative estimate of drug-likeness (QED) is 0.645. The Morgan fingerprint density at radius 2 is 1.80 bits per heavy atom. The number of anilines is 1. The molecule has 0 saturated heterocycles. The fourth-order valence-corrected chi connectivity index (χ4v) is 2.01. The SMILES string of the molecule is COc1ccccc1/C=C/C(=O)O[C@H](C)C(=O)Nc1ccc(F)cc1. The van der Waals surface area contributed by atoms with Crippen molar-refractivity contribution in [2.24, 2.45) is 0 Å². The number of halogens is 1. The lowest BCUT2D eigenvalue weighted by molar-refractivity contribution is -0.148. The summed E-state index contributed by atoms with van der Waals surface area (Å²) in [7, 11) is 1.53. The van der Waals surface area contributed by atoms with E-state index in [2.05, 4.69) is 5.32 Å². The van der Waals surface area contributed by atoms with Crippen LogP contribution in [0.5, 0.6) is 5.75 Å². The van der Waals surface area contributed by atoms with Crippen LogP contribution in [-0.4, -0.2) is 25.1 Å². The van der Waals surface area contributed by atoms with Crippen molar-refractivity contribution in [3.8, 4) is 5.75 Å². The molecule has 6 heteroatoms. The van der Waals surface area contributed by atoms with Crippen molar-refractivity contribution in [2.75, 3.05) is 12.4 Å². The van der Waals surface area contributed by atoms with Gasteiger partial charge in [0.2, 0.25) is 0 Å². The molecule has 0 fully saturated rings. The summed E-state index contributed by atoms with van der Waals surface area (Å²) in [5.41, 5.74) is 1.13. The minimum absolute atomic E-state index is 0.404. The summed E-state index contributed by atoms with van der Waals surface area (Å²) in [5.74, 6) is -0.953. The number of rotatable bonds is 6. The lowest BCUT2D eigenvalue weighted by Crippen LogP contribution is -2.29. The Morgan fingerprint density at radius 3 is 2.48 bits per heavy atom. The highest BCUT2D eigenvalue weighted by Gasteiger charge is 2.16. The van der Waals surface area contributed by atoms with Crippen LogP contribution >= 0.6 is 0 Å². The van der Waals surface area contributed by atoms with Crippen LogP contribution in [0.4, 0.5) is 10.1 Å². The first-order chi connectivity index (χ1) is 12.0. The molecule has 0 unspecified atom stereocenters. The van der Waals surface area contributed by atoms with Gasteiger partial charge in [0, 0.05) is 17.3 Å². The van der Waals surface area contributed by atoms with Crippen LogP contribution in [0.3, 0.4) is 0 Å². The van der Waals surface area contributed by atoms with E-state index in [0.29, 0.717) is 17.0 Å². The molecule has 0 aliphatic heterocycles. The second-order valence-corrected chi connectivity index (χ2v) is 5.15. The van der Waals surface area contributed by atoms with Crippen LogP contribution in [-0.2, 0) is 14.3 Å². The van der Waals surface area contributed by atoms with Crippen LogP contribution in [0.2, 0.25) is 0 Å². The average Bonchev–Trinajstić information content (AvgIpc) is 2.62. The molecular weight excluding hydrogens is 325 g/mol. The molecule has 2 rings (SSSR count). The van der Waals surface area contributed by atoms with Crippen LogP contribution in [0.15, 0.2) is 54.6 Å². The summed E-state index contributed by atoms with van der Waals surface area (Å²) in [5, 5.41) is 2.54. The minimum Gasteiger partial charge on any atom is -0.496 e.